The minimum Gasteiger partial charge on any atom is -0.394 e. The maximum atomic E-state index is 12.4. The number of carbonyl (C=O) groups is 1. The van der Waals surface area contributed by atoms with E-state index in [1.165, 1.54) is 19.1 Å². The molecule has 0 bridgehead atoms. The lowest BCUT2D eigenvalue weighted by Crippen LogP contribution is -2.59. The van der Waals surface area contributed by atoms with E-state index in [0.717, 1.165) is 0 Å². The molecule has 1 fully saturated rings. The van der Waals surface area contributed by atoms with E-state index in [0.29, 0.717) is 0 Å². The molecule has 0 saturated carbocycles. The molecule has 1 amide bonds. The minimum absolute atomic E-state index is 0.0133. The van der Waals surface area contributed by atoms with Crippen molar-refractivity contribution in [1.29, 1.82) is 0 Å². The number of carbonyl (C=O) groups excluding carboxylic acids is 1. The van der Waals surface area contributed by atoms with Gasteiger partial charge in [0.1, 0.15) is 54.9 Å². The van der Waals surface area contributed by atoms with Gasteiger partial charge in [0.25, 0.3) is 0 Å². The van der Waals surface area contributed by atoms with Gasteiger partial charge in [-0.25, -0.2) is 0 Å². The lowest BCUT2D eigenvalue weighted by atomic mass is 9.93. The molecule has 2 rings (SSSR count). The van der Waals surface area contributed by atoms with E-state index in [-0.39, 0.29) is 19.4 Å². The highest BCUT2D eigenvalue weighted by molar-refractivity contribution is 5.81. The smallest absolute Gasteiger partial charge is 0.249 e. The summed E-state index contributed by atoms with van der Waals surface area (Å²) in [5.41, 5.74) is 17.3. The molecule has 240 valence electrons. The number of hydrogen-bond acceptors (Lipinski definition) is 15. The summed E-state index contributed by atoms with van der Waals surface area (Å²) in [6, 6.07) is -2.63. The van der Waals surface area contributed by atoms with Crippen molar-refractivity contribution < 1.29 is 59.5 Å². The van der Waals surface area contributed by atoms with E-state index in [9.17, 15) is 40.5 Å². The van der Waals surface area contributed by atoms with Crippen LogP contribution in [-0.4, -0.2) is 147 Å². The molecule has 1 saturated heterocycles. The van der Waals surface area contributed by atoms with Crippen LogP contribution in [0.4, 0.5) is 0 Å². The first-order valence-corrected chi connectivity index (χ1v) is 13.8. The van der Waals surface area contributed by atoms with Gasteiger partial charge in [0.15, 0.2) is 12.6 Å². The van der Waals surface area contributed by atoms with Gasteiger partial charge in [-0.15, -0.1) is 0 Å². The largest absolute Gasteiger partial charge is 0.394 e. The van der Waals surface area contributed by atoms with E-state index < -0.39 is 104 Å². The molecule has 0 aromatic carbocycles. The number of nitrogens with two attached hydrogens (primary N) is 3. The maximum absolute atomic E-state index is 12.4. The molecule has 16 heteroatoms. The first-order chi connectivity index (χ1) is 19.3. The van der Waals surface area contributed by atoms with Crippen LogP contribution in [0.3, 0.4) is 0 Å². The molecular formula is C25H48N4O12. The monoisotopic (exact) mass is 596 g/mol. The van der Waals surface area contributed by atoms with E-state index in [4.69, 9.17) is 36.1 Å². The van der Waals surface area contributed by atoms with E-state index in [1.54, 1.807) is 13.8 Å². The topological polar surface area (TPSA) is 286 Å². The Bertz CT molecular complexity index is 813. The van der Waals surface area contributed by atoms with Gasteiger partial charge < -0.3 is 77.2 Å². The summed E-state index contributed by atoms with van der Waals surface area (Å²) in [5.74, 6) is -0.793. The van der Waals surface area contributed by atoms with Crippen molar-refractivity contribution in [2.45, 2.75) is 125 Å². The molecule has 1 aliphatic carbocycles. The summed E-state index contributed by atoms with van der Waals surface area (Å²) in [4.78, 5) is 12.4. The Morgan fingerprint density at radius 2 is 1.71 bits per heavy atom. The highest BCUT2D eigenvalue weighted by Crippen LogP contribution is 2.30. The van der Waals surface area contributed by atoms with Gasteiger partial charge in [-0.05, 0) is 33.2 Å². The van der Waals surface area contributed by atoms with Crippen LogP contribution >= 0.6 is 0 Å². The van der Waals surface area contributed by atoms with Crippen molar-refractivity contribution >= 4 is 5.91 Å². The van der Waals surface area contributed by atoms with Crippen molar-refractivity contribution in [1.82, 2.24) is 5.32 Å². The summed E-state index contributed by atoms with van der Waals surface area (Å²) in [7, 11) is 0. The Labute approximate surface area is 239 Å². The van der Waals surface area contributed by atoms with E-state index in [2.05, 4.69) is 5.32 Å². The van der Waals surface area contributed by atoms with Crippen LogP contribution in [0, 0.1) is 0 Å². The molecule has 14 N–H and O–H groups in total. The SMILES string of the molecule is CC[C@@H](O)C(O[C@H](O[C@@H]1C=C[C@@H](NC(=O)[C@@H](O)CCN)C(O)C1O[C@@H]1O[C@H]([C@@H](C)N)C(O)C1O)C(C)N)[C@@H](O)CO. The first kappa shape index (κ1) is 35.8. The fourth-order valence-electron chi connectivity index (χ4n) is 4.55. The third-order valence-corrected chi connectivity index (χ3v) is 7.03. The van der Waals surface area contributed by atoms with Crippen LogP contribution in [0.2, 0.25) is 0 Å². The number of nitrogens with one attached hydrogen (secondary N) is 1. The van der Waals surface area contributed by atoms with Gasteiger partial charge in [0.2, 0.25) is 5.91 Å². The molecular weight excluding hydrogens is 548 g/mol. The summed E-state index contributed by atoms with van der Waals surface area (Å²) >= 11 is 0. The molecule has 0 spiro atoms. The highest BCUT2D eigenvalue weighted by Gasteiger charge is 2.49. The normalized spacial score (nSPS) is 35.3. The second-order valence-corrected chi connectivity index (χ2v) is 10.6. The Balaban J connectivity index is 2.35. The zero-order chi connectivity index (χ0) is 31.0. The van der Waals surface area contributed by atoms with Gasteiger partial charge >= 0.3 is 0 Å². The second kappa shape index (κ2) is 16.5. The van der Waals surface area contributed by atoms with Crippen molar-refractivity contribution in [3.8, 4) is 0 Å². The van der Waals surface area contributed by atoms with Crippen molar-refractivity contribution in [3.63, 3.8) is 0 Å². The summed E-state index contributed by atoms with van der Waals surface area (Å²) < 4.78 is 23.3. The van der Waals surface area contributed by atoms with Crippen LogP contribution in [0.25, 0.3) is 0 Å². The number of ether oxygens (including phenoxy) is 4. The third-order valence-electron chi connectivity index (χ3n) is 7.03. The number of rotatable bonds is 16. The molecule has 0 aromatic heterocycles. The van der Waals surface area contributed by atoms with Gasteiger partial charge in [0.05, 0.1) is 24.8 Å². The number of amides is 1. The van der Waals surface area contributed by atoms with Crippen molar-refractivity contribution in [2.75, 3.05) is 13.2 Å². The average Bonchev–Trinajstić information content (AvgIpc) is 3.21. The van der Waals surface area contributed by atoms with Crippen LogP contribution in [0.1, 0.15) is 33.6 Å². The molecule has 1 aliphatic heterocycles. The lowest BCUT2D eigenvalue weighted by molar-refractivity contribution is -0.275. The van der Waals surface area contributed by atoms with Gasteiger partial charge in [-0.3, -0.25) is 4.79 Å². The second-order valence-electron chi connectivity index (χ2n) is 10.6. The van der Waals surface area contributed by atoms with E-state index in [1.807, 2.05) is 0 Å². The molecule has 2 aliphatic rings. The summed E-state index contributed by atoms with van der Waals surface area (Å²) in [5, 5.41) is 74.6. The molecule has 16 nitrogen and oxygen atoms in total. The lowest BCUT2D eigenvalue weighted by Gasteiger charge is -2.40. The Morgan fingerprint density at radius 1 is 1.05 bits per heavy atom. The molecule has 0 aromatic rings. The average molecular weight is 597 g/mol. The van der Waals surface area contributed by atoms with Gasteiger partial charge in [0, 0.05) is 6.04 Å². The molecule has 15 atom stereocenters. The fraction of sp³-hybridized carbons (Fsp3) is 0.880. The van der Waals surface area contributed by atoms with E-state index >= 15 is 0 Å². The summed E-state index contributed by atoms with van der Waals surface area (Å²) in [6.45, 7) is 4.08. The Morgan fingerprint density at radius 3 is 2.22 bits per heavy atom. The van der Waals surface area contributed by atoms with Crippen molar-refractivity contribution in [3.05, 3.63) is 12.2 Å². The molecule has 41 heavy (non-hydrogen) atoms. The highest BCUT2D eigenvalue weighted by atomic mass is 16.7. The predicted octanol–water partition coefficient (Wildman–Crippen LogP) is -5.14. The third kappa shape index (κ3) is 9.32. The number of hydrogen-bond donors (Lipinski definition) is 11. The van der Waals surface area contributed by atoms with Crippen LogP contribution in [-0.2, 0) is 23.7 Å². The zero-order valence-electron chi connectivity index (χ0n) is 23.5. The number of aliphatic hydroxyl groups is 7. The summed E-state index contributed by atoms with van der Waals surface area (Å²) in [6.07, 6.45) is -13.2. The van der Waals surface area contributed by atoms with Crippen molar-refractivity contribution in [2.24, 2.45) is 17.2 Å². The quantitative estimate of drug-likeness (QED) is 0.0587. The Kier molecular flexibility index (Phi) is 14.4. The van der Waals surface area contributed by atoms with Gasteiger partial charge in [-0.1, -0.05) is 19.1 Å². The van der Waals surface area contributed by atoms with Crippen LogP contribution < -0.4 is 22.5 Å². The zero-order valence-corrected chi connectivity index (χ0v) is 23.5. The minimum atomic E-state index is -1.55. The Hall–Kier alpha value is -1.35. The van der Waals surface area contributed by atoms with Crippen LogP contribution in [0.15, 0.2) is 12.2 Å². The molecule has 0 radical (unpaired) electrons. The predicted molar refractivity (Wildman–Crippen MR) is 143 cm³/mol. The van der Waals surface area contributed by atoms with Crippen LogP contribution in [0.5, 0.6) is 0 Å². The molecule has 1 heterocycles. The standard InChI is InChI=1S/C25H48N4O12/c1-4-13(31)21(15(33)9-30)40-24(11(3)28)38-16-6-5-12(29-23(37)14(32)7-8-26)17(34)22(16)41-25-19(36)18(35)20(39-25)10(2)27/h5-6,10-22,24-25,30-36H,4,7-9,26-28H2,1-3H3,(H,29,37)/t10-,11?,12-,13-,14+,15+,16-,17?,18?,19?,20-,21?,22?,24+,25+/m1/s1. The fourth-order valence-corrected chi connectivity index (χ4v) is 4.55. The van der Waals surface area contributed by atoms with Gasteiger partial charge in [-0.2, -0.15) is 0 Å². The molecule has 6 unspecified atom stereocenters. The first-order valence-electron chi connectivity index (χ1n) is 13.8. The number of aliphatic hydroxyl groups excluding tert-OH is 7. The maximum Gasteiger partial charge on any atom is 0.249 e.